The Hall–Kier alpha value is -2.73. The van der Waals surface area contributed by atoms with Crippen molar-refractivity contribution in [3.8, 4) is 5.75 Å². The number of rotatable bonds is 6. The quantitative estimate of drug-likeness (QED) is 0.733. The van der Waals surface area contributed by atoms with Crippen molar-refractivity contribution < 1.29 is 19.1 Å². The molecule has 0 fully saturated rings. The topological polar surface area (TPSA) is 67.9 Å². The molecule has 2 amide bonds. The Labute approximate surface area is 164 Å². The highest BCUT2D eigenvalue weighted by Crippen LogP contribution is 2.28. The Balaban J connectivity index is 2.21. The maximum absolute atomic E-state index is 12.6. The van der Waals surface area contributed by atoms with E-state index in [1.165, 1.54) is 18.1 Å². The molecule has 2 rings (SSSR count). The lowest BCUT2D eigenvalue weighted by atomic mass is 10.2. The SMILES string of the molecule is COC(=O)c1ccc(OC(C)C)c(NC(=O)N(C)Cc2ccccc2Cl)c1. The second-order valence-corrected chi connectivity index (χ2v) is 6.65. The lowest BCUT2D eigenvalue weighted by molar-refractivity contribution is 0.0600. The summed E-state index contributed by atoms with van der Waals surface area (Å²) in [4.78, 5) is 25.9. The average molecular weight is 391 g/mol. The van der Waals surface area contributed by atoms with Crippen molar-refractivity contribution in [2.24, 2.45) is 0 Å². The van der Waals surface area contributed by atoms with Crippen LogP contribution in [0.4, 0.5) is 10.5 Å². The molecule has 0 aliphatic carbocycles. The fourth-order valence-electron chi connectivity index (χ4n) is 2.39. The molecule has 7 heteroatoms. The minimum absolute atomic E-state index is 0.0921. The summed E-state index contributed by atoms with van der Waals surface area (Å²) >= 11 is 6.16. The summed E-state index contributed by atoms with van der Waals surface area (Å²) < 4.78 is 10.5. The molecule has 0 aliphatic heterocycles. The number of halogens is 1. The zero-order valence-corrected chi connectivity index (χ0v) is 16.5. The van der Waals surface area contributed by atoms with Gasteiger partial charge in [-0.05, 0) is 43.7 Å². The van der Waals surface area contributed by atoms with E-state index >= 15 is 0 Å². The molecule has 0 heterocycles. The monoisotopic (exact) mass is 390 g/mol. The van der Waals surface area contributed by atoms with Gasteiger partial charge in [0, 0.05) is 18.6 Å². The summed E-state index contributed by atoms with van der Waals surface area (Å²) in [7, 11) is 2.96. The number of carbonyl (C=O) groups excluding carboxylic acids is 2. The molecule has 0 saturated carbocycles. The molecule has 2 aromatic rings. The molecule has 0 aliphatic rings. The number of hydrogen-bond acceptors (Lipinski definition) is 4. The standard InChI is InChI=1S/C20H23ClN2O4/c1-13(2)27-18-10-9-14(19(24)26-4)11-17(18)22-20(25)23(3)12-15-7-5-6-8-16(15)21/h5-11,13H,12H2,1-4H3,(H,22,25). The number of benzene rings is 2. The van der Waals surface area contributed by atoms with Crippen LogP contribution in [0.1, 0.15) is 29.8 Å². The first-order valence-corrected chi connectivity index (χ1v) is 8.84. The fourth-order valence-corrected chi connectivity index (χ4v) is 2.59. The van der Waals surface area contributed by atoms with Crippen molar-refractivity contribution >= 4 is 29.3 Å². The maximum atomic E-state index is 12.6. The Morgan fingerprint density at radius 2 is 1.89 bits per heavy atom. The van der Waals surface area contributed by atoms with Gasteiger partial charge in [0.1, 0.15) is 5.75 Å². The molecule has 1 N–H and O–H groups in total. The molecule has 0 atom stereocenters. The van der Waals surface area contributed by atoms with E-state index in [1.54, 1.807) is 25.2 Å². The molecule has 0 unspecified atom stereocenters. The average Bonchev–Trinajstić information content (AvgIpc) is 2.63. The highest BCUT2D eigenvalue weighted by molar-refractivity contribution is 6.31. The number of hydrogen-bond donors (Lipinski definition) is 1. The van der Waals surface area contributed by atoms with Crippen molar-refractivity contribution in [3.63, 3.8) is 0 Å². The third-order valence-electron chi connectivity index (χ3n) is 3.72. The van der Waals surface area contributed by atoms with Crippen LogP contribution in [0.2, 0.25) is 5.02 Å². The third kappa shape index (κ3) is 5.62. The van der Waals surface area contributed by atoms with Crippen LogP contribution in [0.25, 0.3) is 0 Å². The van der Waals surface area contributed by atoms with Crippen LogP contribution < -0.4 is 10.1 Å². The molecule has 0 spiro atoms. The van der Waals surface area contributed by atoms with Gasteiger partial charge in [-0.2, -0.15) is 0 Å². The summed E-state index contributed by atoms with van der Waals surface area (Å²) in [5.74, 6) is -0.0248. The van der Waals surface area contributed by atoms with E-state index in [4.69, 9.17) is 21.1 Å². The van der Waals surface area contributed by atoms with E-state index in [0.29, 0.717) is 28.6 Å². The Morgan fingerprint density at radius 1 is 1.19 bits per heavy atom. The van der Waals surface area contributed by atoms with Crippen LogP contribution in [-0.2, 0) is 11.3 Å². The highest BCUT2D eigenvalue weighted by Gasteiger charge is 2.17. The first kappa shape index (κ1) is 20.6. The number of anilines is 1. The van der Waals surface area contributed by atoms with Gasteiger partial charge in [0.25, 0.3) is 0 Å². The summed E-state index contributed by atoms with van der Waals surface area (Å²) in [5, 5.41) is 3.38. The molecule has 2 aromatic carbocycles. The Kier molecular flexibility index (Phi) is 7.07. The number of urea groups is 1. The lowest BCUT2D eigenvalue weighted by Crippen LogP contribution is -2.31. The number of amides is 2. The van der Waals surface area contributed by atoms with Gasteiger partial charge in [-0.25, -0.2) is 9.59 Å². The van der Waals surface area contributed by atoms with Gasteiger partial charge in [-0.15, -0.1) is 0 Å². The van der Waals surface area contributed by atoms with Crippen LogP contribution in [0.15, 0.2) is 42.5 Å². The fraction of sp³-hybridized carbons (Fsp3) is 0.300. The Morgan fingerprint density at radius 3 is 2.52 bits per heavy atom. The first-order chi connectivity index (χ1) is 12.8. The minimum Gasteiger partial charge on any atom is -0.489 e. The predicted molar refractivity (Wildman–Crippen MR) is 105 cm³/mol. The van der Waals surface area contributed by atoms with Crippen molar-refractivity contribution in [2.45, 2.75) is 26.5 Å². The van der Waals surface area contributed by atoms with Crippen molar-refractivity contribution in [1.82, 2.24) is 4.90 Å². The van der Waals surface area contributed by atoms with E-state index in [2.05, 4.69) is 5.32 Å². The van der Waals surface area contributed by atoms with Crippen LogP contribution in [-0.4, -0.2) is 37.2 Å². The zero-order valence-electron chi connectivity index (χ0n) is 15.8. The summed E-state index contributed by atoms with van der Waals surface area (Å²) in [6, 6.07) is 11.7. The van der Waals surface area contributed by atoms with Gasteiger partial charge >= 0.3 is 12.0 Å². The molecule has 6 nitrogen and oxygen atoms in total. The van der Waals surface area contributed by atoms with Gasteiger partial charge in [0.05, 0.1) is 24.5 Å². The highest BCUT2D eigenvalue weighted by atomic mass is 35.5. The van der Waals surface area contributed by atoms with E-state index in [-0.39, 0.29) is 12.1 Å². The molecule has 0 saturated heterocycles. The molecule has 0 aromatic heterocycles. The first-order valence-electron chi connectivity index (χ1n) is 8.46. The summed E-state index contributed by atoms with van der Waals surface area (Å²) in [5.41, 5.74) is 1.54. The largest absolute Gasteiger partial charge is 0.489 e. The molecule has 27 heavy (non-hydrogen) atoms. The zero-order chi connectivity index (χ0) is 20.0. The predicted octanol–water partition coefficient (Wildman–Crippen LogP) is 4.58. The van der Waals surface area contributed by atoms with Crippen molar-refractivity contribution in [3.05, 3.63) is 58.6 Å². The van der Waals surface area contributed by atoms with Crippen molar-refractivity contribution in [2.75, 3.05) is 19.5 Å². The second-order valence-electron chi connectivity index (χ2n) is 6.25. The number of ether oxygens (including phenoxy) is 2. The molecule has 0 radical (unpaired) electrons. The van der Waals surface area contributed by atoms with Crippen molar-refractivity contribution in [1.29, 1.82) is 0 Å². The van der Waals surface area contributed by atoms with Crippen LogP contribution in [0.3, 0.4) is 0 Å². The molecule has 0 bridgehead atoms. The third-order valence-corrected chi connectivity index (χ3v) is 4.09. The molecular weight excluding hydrogens is 368 g/mol. The van der Waals surface area contributed by atoms with Gasteiger partial charge in [0.15, 0.2) is 0 Å². The van der Waals surface area contributed by atoms with Gasteiger partial charge in [-0.1, -0.05) is 29.8 Å². The second kappa shape index (κ2) is 9.28. The van der Waals surface area contributed by atoms with Crippen LogP contribution in [0.5, 0.6) is 5.75 Å². The maximum Gasteiger partial charge on any atom is 0.337 e. The summed E-state index contributed by atoms with van der Waals surface area (Å²) in [6.45, 7) is 4.09. The number of nitrogens with zero attached hydrogens (tertiary/aromatic N) is 1. The number of methoxy groups -OCH3 is 1. The smallest absolute Gasteiger partial charge is 0.337 e. The number of esters is 1. The van der Waals surface area contributed by atoms with E-state index in [9.17, 15) is 9.59 Å². The van der Waals surface area contributed by atoms with E-state index < -0.39 is 5.97 Å². The van der Waals surface area contributed by atoms with Gasteiger partial charge in [-0.3, -0.25) is 0 Å². The van der Waals surface area contributed by atoms with Crippen LogP contribution >= 0.6 is 11.6 Å². The minimum atomic E-state index is -0.494. The molecule has 144 valence electrons. The lowest BCUT2D eigenvalue weighted by Gasteiger charge is -2.21. The number of nitrogens with one attached hydrogen (secondary N) is 1. The van der Waals surface area contributed by atoms with E-state index in [1.807, 2.05) is 32.0 Å². The van der Waals surface area contributed by atoms with E-state index in [0.717, 1.165) is 5.56 Å². The van der Waals surface area contributed by atoms with Gasteiger partial charge in [0.2, 0.25) is 0 Å². The number of carbonyl (C=O) groups is 2. The Bertz CT molecular complexity index is 823. The normalized spacial score (nSPS) is 10.4. The van der Waals surface area contributed by atoms with Crippen LogP contribution in [0, 0.1) is 0 Å². The van der Waals surface area contributed by atoms with Gasteiger partial charge < -0.3 is 19.7 Å². The molecular formula is C20H23ClN2O4. The summed E-state index contributed by atoms with van der Waals surface area (Å²) in [6.07, 6.45) is -0.0921.